The summed E-state index contributed by atoms with van der Waals surface area (Å²) in [7, 11) is 3.32. The van der Waals surface area contributed by atoms with Gasteiger partial charge in [0.05, 0.1) is 12.2 Å². The number of nitrogens with zero attached hydrogens (tertiary/aromatic N) is 1. The smallest absolute Gasteiger partial charge is 0.255 e. The Morgan fingerprint density at radius 3 is 2.45 bits per heavy atom. The first-order chi connectivity index (χ1) is 9.52. The van der Waals surface area contributed by atoms with E-state index in [0.717, 1.165) is 11.1 Å². The van der Waals surface area contributed by atoms with Crippen LogP contribution in [0.5, 0.6) is 0 Å². The number of carbonyl (C=O) groups excluding carboxylic acids is 1. The van der Waals surface area contributed by atoms with E-state index in [2.05, 4.69) is 4.98 Å². The van der Waals surface area contributed by atoms with Crippen LogP contribution in [0.3, 0.4) is 0 Å². The zero-order valence-electron chi connectivity index (χ0n) is 11.4. The number of amides is 1. The molecule has 0 saturated carbocycles. The molecular weight excluding hydrogens is 256 g/mol. The SMILES string of the molecule is CN(C)C(=O)c1c[nH]c(=O)cc1-c1ccc(CO)cc1. The van der Waals surface area contributed by atoms with Gasteiger partial charge in [-0.25, -0.2) is 0 Å². The van der Waals surface area contributed by atoms with E-state index in [1.54, 1.807) is 38.4 Å². The number of aromatic amines is 1. The number of nitrogens with one attached hydrogen (secondary N) is 1. The summed E-state index contributed by atoms with van der Waals surface area (Å²) in [6, 6.07) is 8.51. The molecule has 20 heavy (non-hydrogen) atoms. The Hall–Kier alpha value is -2.40. The largest absolute Gasteiger partial charge is 0.392 e. The van der Waals surface area contributed by atoms with Crippen LogP contribution in [0.15, 0.2) is 41.3 Å². The molecule has 0 saturated heterocycles. The van der Waals surface area contributed by atoms with Crippen molar-refractivity contribution in [2.45, 2.75) is 6.61 Å². The van der Waals surface area contributed by atoms with E-state index in [0.29, 0.717) is 11.1 Å². The number of pyridine rings is 1. The predicted molar refractivity (Wildman–Crippen MR) is 76.4 cm³/mol. The lowest BCUT2D eigenvalue weighted by molar-refractivity contribution is 0.0828. The maximum Gasteiger partial charge on any atom is 0.255 e. The van der Waals surface area contributed by atoms with Crippen molar-refractivity contribution < 1.29 is 9.90 Å². The van der Waals surface area contributed by atoms with E-state index in [4.69, 9.17) is 5.11 Å². The summed E-state index contributed by atoms with van der Waals surface area (Å²) < 4.78 is 0. The molecule has 0 atom stereocenters. The molecule has 1 heterocycles. The standard InChI is InChI=1S/C15H16N2O3/c1-17(2)15(20)13-8-16-14(19)7-12(13)11-5-3-10(9-18)4-6-11/h3-8,18H,9H2,1-2H3,(H,16,19). The molecule has 0 spiro atoms. The van der Waals surface area contributed by atoms with Crippen molar-refractivity contribution in [2.75, 3.05) is 14.1 Å². The second kappa shape index (κ2) is 5.71. The van der Waals surface area contributed by atoms with Crippen LogP contribution in [0.25, 0.3) is 11.1 Å². The van der Waals surface area contributed by atoms with Gasteiger partial charge in [-0.1, -0.05) is 24.3 Å². The Morgan fingerprint density at radius 2 is 1.90 bits per heavy atom. The van der Waals surface area contributed by atoms with Crippen molar-refractivity contribution in [3.8, 4) is 11.1 Å². The Labute approximate surface area is 116 Å². The summed E-state index contributed by atoms with van der Waals surface area (Å²) in [5.74, 6) is -0.178. The zero-order valence-corrected chi connectivity index (χ0v) is 11.4. The summed E-state index contributed by atoms with van der Waals surface area (Å²) in [6.07, 6.45) is 1.43. The van der Waals surface area contributed by atoms with Crippen LogP contribution >= 0.6 is 0 Å². The molecule has 2 rings (SSSR count). The van der Waals surface area contributed by atoms with Gasteiger partial charge in [0, 0.05) is 31.9 Å². The van der Waals surface area contributed by atoms with Crippen LogP contribution in [0.4, 0.5) is 0 Å². The van der Waals surface area contributed by atoms with Crippen LogP contribution in [-0.4, -0.2) is 35.0 Å². The number of aliphatic hydroxyl groups excluding tert-OH is 1. The number of aromatic nitrogens is 1. The lowest BCUT2D eigenvalue weighted by atomic mass is 10.00. The van der Waals surface area contributed by atoms with Gasteiger partial charge in [-0.2, -0.15) is 0 Å². The van der Waals surface area contributed by atoms with E-state index >= 15 is 0 Å². The van der Waals surface area contributed by atoms with Gasteiger partial charge in [0.1, 0.15) is 0 Å². The predicted octanol–water partition coefficient (Wildman–Crippen LogP) is 1.24. The molecule has 1 aromatic carbocycles. The summed E-state index contributed by atoms with van der Waals surface area (Å²) >= 11 is 0. The van der Waals surface area contributed by atoms with Crippen molar-refractivity contribution >= 4 is 5.91 Å². The number of carbonyl (C=O) groups is 1. The zero-order chi connectivity index (χ0) is 14.7. The fourth-order valence-corrected chi connectivity index (χ4v) is 1.92. The maximum atomic E-state index is 12.1. The van der Waals surface area contributed by atoms with Gasteiger partial charge in [-0.05, 0) is 11.1 Å². The first-order valence-electron chi connectivity index (χ1n) is 6.17. The molecule has 2 aromatic rings. The van der Waals surface area contributed by atoms with E-state index in [1.807, 2.05) is 0 Å². The lowest BCUT2D eigenvalue weighted by Crippen LogP contribution is -2.23. The molecule has 1 amide bonds. The molecule has 0 bridgehead atoms. The van der Waals surface area contributed by atoms with Gasteiger partial charge in [0.15, 0.2) is 0 Å². The second-order valence-corrected chi connectivity index (χ2v) is 4.68. The molecular formula is C15H16N2O3. The molecule has 1 aromatic heterocycles. The number of aliphatic hydroxyl groups is 1. The third-order valence-electron chi connectivity index (χ3n) is 3.01. The van der Waals surface area contributed by atoms with E-state index < -0.39 is 0 Å². The lowest BCUT2D eigenvalue weighted by Gasteiger charge is -2.14. The van der Waals surface area contributed by atoms with Crippen LogP contribution in [0.2, 0.25) is 0 Å². The molecule has 5 nitrogen and oxygen atoms in total. The minimum Gasteiger partial charge on any atom is -0.392 e. The number of H-pyrrole nitrogens is 1. The fraction of sp³-hybridized carbons (Fsp3) is 0.200. The molecule has 0 aliphatic rings. The van der Waals surface area contributed by atoms with Crippen LogP contribution in [-0.2, 0) is 6.61 Å². The molecule has 104 valence electrons. The van der Waals surface area contributed by atoms with Crippen molar-refractivity contribution in [1.82, 2.24) is 9.88 Å². The monoisotopic (exact) mass is 272 g/mol. The molecule has 0 radical (unpaired) electrons. The van der Waals surface area contributed by atoms with Crippen molar-refractivity contribution in [1.29, 1.82) is 0 Å². The minimum atomic E-state index is -0.262. The summed E-state index contributed by atoms with van der Waals surface area (Å²) in [5, 5.41) is 9.04. The molecule has 0 aliphatic carbocycles. The third-order valence-corrected chi connectivity index (χ3v) is 3.01. The topological polar surface area (TPSA) is 73.4 Å². The van der Waals surface area contributed by atoms with Gasteiger partial charge in [0.25, 0.3) is 5.91 Å². The Morgan fingerprint density at radius 1 is 1.25 bits per heavy atom. The number of benzene rings is 1. The Bertz CT molecular complexity index is 672. The third kappa shape index (κ3) is 2.78. The van der Waals surface area contributed by atoms with Crippen LogP contribution in [0, 0.1) is 0 Å². The quantitative estimate of drug-likeness (QED) is 0.882. The first kappa shape index (κ1) is 14.0. The van der Waals surface area contributed by atoms with Gasteiger partial charge in [-0.3, -0.25) is 9.59 Å². The normalized spacial score (nSPS) is 10.3. The highest BCUT2D eigenvalue weighted by Gasteiger charge is 2.15. The molecule has 5 heteroatoms. The van der Waals surface area contributed by atoms with Gasteiger partial charge in [-0.15, -0.1) is 0 Å². The first-order valence-corrected chi connectivity index (χ1v) is 6.17. The van der Waals surface area contributed by atoms with E-state index in [9.17, 15) is 9.59 Å². The summed E-state index contributed by atoms with van der Waals surface area (Å²) in [4.78, 5) is 27.6. The summed E-state index contributed by atoms with van der Waals surface area (Å²) in [6.45, 7) is -0.0425. The van der Waals surface area contributed by atoms with Gasteiger partial charge < -0.3 is 15.0 Å². The molecule has 0 fully saturated rings. The Kier molecular flexibility index (Phi) is 4.00. The van der Waals surface area contributed by atoms with Gasteiger partial charge in [0.2, 0.25) is 5.56 Å². The van der Waals surface area contributed by atoms with E-state index in [-0.39, 0.29) is 18.1 Å². The molecule has 0 aliphatic heterocycles. The van der Waals surface area contributed by atoms with Gasteiger partial charge >= 0.3 is 0 Å². The maximum absolute atomic E-state index is 12.1. The molecule has 2 N–H and O–H groups in total. The van der Waals surface area contributed by atoms with Crippen molar-refractivity contribution in [3.05, 3.63) is 58.0 Å². The number of hydrogen-bond donors (Lipinski definition) is 2. The average molecular weight is 272 g/mol. The highest BCUT2D eigenvalue weighted by molar-refractivity contribution is 6.00. The van der Waals surface area contributed by atoms with Crippen molar-refractivity contribution in [2.24, 2.45) is 0 Å². The Balaban J connectivity index is 2.56. The molecule has 0 unspecified atom stereocenters. The highest BCUT2D eigenvalue weighted by Crippen LogP contribution is 2.23. The van der Waals surface area contributed by atoms with Crippen LogP contribution < -0.4 is 5.56 Å². The highest BCUT2D eigenvalue weighted by atomic mass is 16.3. The average Bonchev–Trinajstić information content (AvgIpc) is 2.46. The second-order valence-electron chi connectivity index (χ2n) is 4.68. The minimum absolute atomic E-state index is 0.0425. The summed E-state index contributed by atoms with van der Waals surface area (Å²) in [5.41, 5.74) is 2.29. The number of rotatable bonds is 3. The fourth-order valence-electron chi connectivity index (χ4n) is 1.92. The number of hydrogen-bond acceptors (Lipinski definition) is 3. The van der Waals surface area contributed by atoms with E-state index in [1.165, 1.54) is 17.2 Å². The van der Waals surface area contributed by atoms with Crippen LogP contribution in [0.1, 0.15) is 15.9 Å². The van der Waals surface area contributed by atoms with Crippen molar-refractivity contribution in [3.63, 3.8) is 0 Å².